The maximum atomic E-state index is 13.2. The molecule has 1 saturated heterocycles. The number of hydrogen-bond acceptors (Lipinski definition) is 7. The Kier molecular flexibility index (Phi) is 4.40. The summed E-state index contributed by atoms with van der Waals surface area (Å²) >= 11 is 0. The first kappa shape index (κ1) is 19.5. The summed E-state index contributed by atoms with van der Waals surface area (Å²) < 4.78 is 40.5. The van der Waals surface area contributed by atoms with Crippen molar-refractivity contribution in [1.82, 2.24) is 4.90 Å². The van der Waals surface area contributed by atoms with Crippen LogP contribution in [0, 0.1) is 0 Å². The van der Waals surface area contributed by atoms with Crippen molar-refractivity contribution in [1.29, 1.82) is 0 Å². The quantitative estimate of drug-likeness (QED) is 0.736. The number of carbonyl (C=O) groups is 1. The van der Waals surface area contributed by atoms with Gasteiger partial charge in [-0.15, -0.1) is 0 Å². The van der Waals surface area contributed by atoms with Crippen LogP contribution in [0.3, 0.4) is 0 Å². The van der Waals surface area contributed by atoms with Crippen LogP contribution in [0.15, 0.2) is 12.1 Å². The van der Waals surface area contributed by atoms with E-state index in [-0.39, 0.29) is 6.42 Å². The van der Waals surface area contributed by atoms with Crippen molar-refractivity contribution >= 4 is 16.0 Å². The highest BCUT2D eigenvalue weighted by Gasteiger charge is 2.70. The molecule has 2 unspecified atom stereocenters. The number of nitrogens with zero attached hydrogens (tertiary/aromatic N) is 1. The van der Waals surface area contributed by atoms with E-state index >= 15 is 0 Å². The van der Waals surface area contributed by atoms with Gasteiger partial charge in [0.1, 0.15) is 6.10 Å². The van der Waals surface area contributed by atoms with Crippen molar-refractivity contribution in [3.63, 3.8) is 0 Å². The van der Waals surface area contributed by atoms with Crippen LogP contribution in [0.25, 0.3) is 0 Å². The van der Waals surface area contributed by atoms with E-state index < -0.39 is 33.3 Å². The van der Waals surface area contributed by atoms with Gasteiger partial charge in [-0.2, -0.15) is 8.42 Å². The minimum absolute atomic E-state index is 0.174. The summed E-state index contributed by atoms with van der Waals surface area (Å²) in [6.07, 6.45) is 2.35. The van der Waals surface area contributed by atoms with E-state index in [1.165, 1.54) is 7.11 Å². The minimum Gasteiger partial charge on any atom is -0.493 e. The third-order valence-electron chi connectivity index (χ3n) is 6.28. The van der Waals surface area contributed by atoms with Gasteiger partial charge in [-0.1, -0.05) is 6.42 Å². The number of methoxy groups -OCH3 is 2. The molecule has 1 N–H and O–H groups in total. The third kappa shape index (κ3) is 2.56. The van der Waals surface area contributed by atoms with Crippen molar-refractivity contribution in [3.8, 4) is 11.5 Å². The molecule has 2 aliphatic heterocycles. The molecule has 0 aromatic heterocycles. The van der Waals surface area contributed by atoms with Crippen LogP contribution in [0.4, 0.5) is 0 Å². The molecule has 4 rings (SSSR count). The lowest BCUT2D eigenvalue weighted by atomic mass is 9.74. The second-order valence-electron chi connectivity index (χ2n) is 7.81. The summed E-state index contributed by atoms with van der Waals surface area (Å²) in [4.78, 5) is 14.8. The first-order chi connectivity index (χ1) is 13.2. The lowest BCUT2D eigenvalue weighted by Crippen LogP contribution is -2.54. The fraction of sp³-hybridized carbons (Fsp3) is 0.632. The van der Waals surface area contributed by atoms with Gasteiger partial charge in [0.25, 0.3) is 16.0 Å². The molecule has 3 aliphatic rings. The number of amides is 1. The molecule has 1 spiro atoms. The maximum Gasteiger partial charge on any atom is 0.264 e. The van der Waals surface area contributed by atoms with E-state index in [1.807, 2.05) is 6.07 Å². The van der Waals surface area contributed by atoms with Gasteiger partial charge < -0.3 is 19.5 Å². The van der Waals surface area contributed by atoms with E-state index in [1.54, 1.807) is 18.1 Å². The number of hydrogen-bond donors (Lipinski definition) is 1. The number of aliphatic hydroxyl groups is 1. The minimum atomic E-state index is -3.91. The highest BCUT2D eigenvalue weighted by atomic mass is 32.2. The molecular formula is C19H25NO7S. The molecule has 2 bridgehead atoms. The monoisotopic (exact) mass is 411 g/mol. The number of benzene rings is 1. The SMILES string of the molecule is COc1cc2c(cc1OC)[C@@]13CCCCC(O)(C(=O)N1CC2)C3OS(C)(=O)=O. The molecule has 1 aromatic carbocycles. The molecule has 0 radical (unpaired) electrons. The van der Waals surface area contributed by atoms with Crippen LogP contribution in [-0.4, -0.2) is 63.1 Å². The summed E-state index contributed by atoms with van der Waals surface area (Å²) in [6.45, 7) is 0.382. The molecule has 9 heteroatoms. The fourth-order valence-electron chi connectivity index (χ4n) is 5.18. The molecule has 28 heavy (non-hydrogen) atoms. The normalized spacial score (nSPS) is 31.8. The van der Waals surface area contributed by atoms with Gasteiger partial charge in [-0.3, -0.25) is 8.98 Å². The lowest BCUT2D eigenvalue weighted by Gasteiger charge is -2.46. The standard InChI is InChI=1S/C19H25NO7S/c1-25-14-10-12-6-9-20-17(21)19(22)8-5-4-7-18(20,13(12)11-15(14)26-2)16(19)27-28(3,23)24/h10-11,16,22H,4-9H2,1-3H3/t16?,18-,19?/m1/s1. The van der Waals surface area contributed by atoms with Gasteiger partial charge in [0.05, 0.1) is 26.0 Å². The Balaban J connectivity index is 2.00. The Morgan fingerprint density at radius 1 is 1.14 bits per heavy atom. The molecular weight excluding hydrogens is 386 g/mol. The molecule has 8 nitrogen and oxygen atoms in total. The second-order valence-corrected chi connectivity index (χ2v) is 9.41. The van der Waals surface area contributed by atoms with Crippen LogP contribution in [-0.2, 0) is 31.1 Å². The predicted molar refractivity (Wildman–Crippen MR) is 99.8 cm³/mol. The van der Waals surface area contributed by atoms with E-state index in [0.29, 0.717) is 37.3 Å². The summed E-state index contributed by atoms with van der Waals surface area (Å²) in [5.74, 6) is 0.601. The molecule has 1 aliphatic carbocycles. The Bertz CT molecular complexity index is 930. The van der Waals surface area contributed by atoms with Crippen LogP contribution in [0.1, 0.15) is 36.8 Å². The van der Waals surface area contributed by atoms with E-state index in [0.717, 1.165) is 23.8 Å². The molecule has 3 atom stereocenters. The van der Waals surface area contributed by atoms with Crippen molar-refractivity contribution < 1.29 is 32.0 Å². The van der Waals surface area contributed by atoms with Crippen LogP contribution >= 0.6 is 0 Å². The maximum absolute atomic E-state index is 13.2. The van der Waals surface area contributed by atoms with Gasteiger partial charge in [-0.05, 0) is 48.9 Å². The van der Waals surface area contributed by atoms with Gasteiger partial charge in [0.15, 0.2) is 17.1 Å². The highest BCUT2D eigenvalue weighted by molar-refractivity contribution is 7.86. The van der Waals surface area contributed by atoms with Gasteiger partial charge in [0, 0.05) is 6.54 Å². The molecule has 2 fully saturated rings. The largest absolute Gasteiger partial charge is 0.493 e. The van der Waals surface area contributed by atoms with E-state index in [9.17, 15) is 18.3 Å². The average Bonchev–Trinajstić information content (AvgIpc) is 2.73. The second kappa shape index (κ2) is 6.33. The number of ether oxygens (including phenoxy) is 2. The number of fused-ring (bicyclic) bond motifs is 2. The third-order valence-corrected chi connectivity index (χ3v) is 6.82. The molecule has 1 amide bonds. The Morgan fingerprint density at radius 2 is 1.79 bits per heavy atom. The van der Waals surface area contributed by atoms with Crippen molar-refractivity contribution in [2.24, 2.45) is 0 Å². The van der Waals surface area contributed by atoms with Gasteiger partial charge >= 0.3 is 0 Å². The molecule has 2 heterocycles. The summed E-state index contributed by atoms with van der Waals surface area (Å²) in [5, 5.41) is 11.3. The topological polar surface area (TPSA) is 102 Å². The summed E-state index contributed by atoms with van der Waals surface area (Å²) in [6, 6.07) is 3.66. The zero-order valence-electron chi connectivity index (χ0n) is 16.2. The van der Waals surface area contributed by atoms with Crippen LogP contribution in [0.5, 0.6) is 11.5 Å². The zero-order chi connectivity index (χ0) is 20.3. The van der Waals surface area contributed by atoms with E-state index in [2.05, 4.69) is 0 Å². The lowest BCUT2D eigenvalue weighted by molar-refractivity contribution is -0.148. The first-order valence-electron chi connectivity index (χ1n) is 9.35. The molecule has 1 saturated carbocycles. The van der Waals surface area contributed by atoms with Gasteiger partial charge in [-0.25, -0.2) is 0 Å². The van der Waals surface area contributed by atoms with Crippen LogP contribution < -0.4 is 9.47 Å². The first-order valence-corrected chi connectivity index (χ1v) is 11.2. The zero-order valence-corrected chi connectivity index (χ0v) is 17.0. The van der Waals surface area contributed by atoms with Crippen molar-refractivity contribution in [2.45, 2.75) is 49.3 Å². The summed E-state index contributed by atoms with van der Waals surface area (Å²) in [5.41, 5.74) is -1.22. The predicted octanol–water partition coefficient (Wildman–Crippen LogP) is 0.947. The number of rotatable bonds is 4. The van der Waals surface area contributed by atoms with Crippen molar-refractivity contribution in [3.05, 3.63) is 23.3 Å². The average molecular weight is 411 g/mol. The Hall–Kier alpha value is -1.84. The van der Waals surface area contributed by atoms with Gasteiger partial charge in [0.2, 0.25) is 0 Å². The Morgan fingerprint density at radius 3 is 2.43 bits per heavy atom. The van der Waals surface area contributed by atoms with Crippen LogP contribution in [0.2, 0.25) is 0 Å². The Labute approximate surface area is 164 Å². The number of carbonyl (C=O) groups excluding carboxylic acids is 1. The molecule has 1 aromatic rings. The molecule has 154 valence electrons. The fourth-order valence-corrected chi connectivity index (χ4v) is 5.84. The van der Waals surface area contributed by atoms with Crippen molar-refractivity contribution in [2.75, 3.05) is 27.0 Å². The van der Waals surface area contributed by atoms with E-state index in [4.69, 9.17) is 13.7 Å². The summed E-state index contributed by atoms with van der Waals surface area (Å²) in [7, 11) is -0.833. The highest BCUT2D eigenvalue weighted by Crippen LogP contribution is 2.56. The smallest absolute Gasteiger partial charge is 0.264 e.